The van der Waals surface area contributed by atoms with Gasteiger partial charge in [-0.3, -0.25) is 4.79 Å². The van der Waals surface area contributed by atoms with Gasteiger partial charge in [-0.1, -0.05) is 28.1 Å². The Balaban J connectivity index is 1.94. The molecule has 9 heteroatoms. The van der Waals surface area contributed by atoms with Crippen LogP contribution in [0.25, 0.3) is 11.0 Å². The lowest BCUT2D eigenvalue weighted by Gasteiger charge is -2.35. The molecule has 0 saturated heterocycles. The Kier molecular flexibility index (Phi) is 4.48. The average Bonchev–Trinajstić information content (AvgIpc) is 2.98. The second-order valence-corrected chi connectivity index (χ2v) is 9.74. The molecular weight excluding hydrogens is 492 g/mol. The summed E-state index contributed by atoms with van der Waals surface area (Å²) in [5.41, 5.74) is 3.30. The van der Waals surface area contributed by atoms with Gasteiger partial charge in [0.15, 0.2) is 5.75 Å². The highest BCUT2D eigenvalue weighted by Crippen LogP contribution is 2.54. The summed E-state index contributed by atoms with van der Waals surface area (Å²) in [4.78, 5) is 40.6. The summed E-state index contributed by atoms with van der Waals surface area (Å²) in [7, 11) is 0. The van der Waals surface area contributed by atoms with Crippen LogP contribution >= 0.6 is 15.9 Å². The summed E-state index contributed by atoms with van der Waals surface area (Å²) in [5, 5.41) is 3.22. The molecule has 0 fully saturated rings. The zero-order valence-corrected chi connectivity index (χ0v) is 19.5. The van der Waals surface area contributed by atoms with Crippen molar-refractivity contribution < 1.29 is 23.5 Å². The third-order valence-electron chi connectivity index (χ3n) is 5.55. The molecule has 2 aliphatic heterocycles. The van der Waals surface area contributed by atoms with E-state index in [9.17, 15) is 14.4 Å². The van der Waals surface area contributed by atoms with Gasteiger partial charge in [0.25, 0.3) is 0 Å². The first-order valence-corrected chi connectivity index (χ1v) is 10.9. The normalized spacial score (nSPS) is 19.2. The zero-order valence-electron chi connectivity index (χ0n) is 17.9. The number of hydrogen-bond acceptors (Lipinski definition) is 7. The van der Waals surface area contributed by atoms with Crippen LogP contribution in [0.3, 0.4) is 0 Å². The zero-order chi connectivity index (χ0) is 23.7. The van der Waals surface area contributed by atoms with Crippen LogP contribution in [0.15, 0.2) is 67.6 Å². The minimum absolute atomic E-state index is 0.0645. The number of esters is 1. The fraction of sp³-hybridized carbons (Fsp3) is 0.208. The van der Waals surface area contributed by atoms with E-state index in [2.05, 4.69) is 21.2 Å². The van der Waals surface area contributed by atoms with Gasteiger partial charge < -0.3 is 24.9 Å². The fourth-order valence-electron chi connectivity index (χ4n) is 4.37. The molecular formula is C24H19BrN2O6. The third-order valence-corrected chi connectivity index (χ3v) is 6.04. The molecule has 1 spiro atoms. The van der Waals surface area contributed by atoms with Gasteiger partial charge in [-0.15, -0.1) is 0 Å². The van der Waals surface area contributed by atoms with Crippen LogP contribution in [0.1, 0.15) is 31.9 Å². The Labute approximate surface area is 196 Å². The number of halogens is 1. The molecule has 3 N–H and O–H groups in total. The van der Waals surface area contributed by atoms with E-state index in [1.165, 1.54) is 0 Å². The molecule has 2 aliphatic rings. The molecule has 168 valence electrons. The first-order chi connectivity index (χ1) is 15.5. The van der Waals surface area contributed by atoms with E-state index in [0.717, 1.165) is 0 Å². The van der Waals surface area contributed by atoms with Gasteiger partial charge in [-0.25, -0.2) is 9.59 Å². The van der Waals surface area contributed by atoms with Crippen LogP contribution in [0, 0.1) is 0 Å². The molecule has 3 heterocycles. The van der Waals surface area contributed by atoms with Crippen molar-refractivity contribution in [3.63, 3.8) is 0 Å². The lowest BCUT2D eigenvalue weighted by atomic mass is 9.68. The average molecular weight is 511 g/mol. The number of carbonyl (C=O) groups is 2. The lowest BCUT2D eigenvalue weighted by Crippen LogP contribution is -2.49. The molecule has 33 heavy (non-hydrogen) atoms. The summed E-state index contributed by atoms with van der Waals surface area (Å²) < 4.78 is 17.6. The van der Waals surface area contributed by atoms with E-state index in [4.69, 9.17) is 19.6 Å². The molecule has 2 aromatic carbocycles. The Morgan fingerprint density at radius 2 is 1.88 bits per heavy atom. The number of rotatable bonds is 1. The number of para-hydroxylation sites is 1. The molecule has 1 aromatic heterocycles. The third kappa shape index (κ3) is 2.99. The second-order valence-electron chi connectivity index (χ2n) is 8.83. The van der Waals surface area contributed by atoms with Crippen molar-refractivity contribution in [2.75, 3.05) is 5.32 Å². The Morgan fingerprint density at radius 1 is 1.15 bits per heavy atom. The minimum Gasteiger partial charge on any atom is -0.456 e. The van der Waals surface area contributed by atoms with Gasteiger partial charge in [0.1, 0.15) is 27.7 Å². The number of nitrogens with one attached hydrogen (secondary N) is 1. The molecule has 0 radical (unpaired) electrons. The minimum atomic E-state index is -1.93. The van der Waals surface area contributed by atoms with Crippen LogP contribution in [0.5, 0.6) is 5.75 Å². The van der Waals surface area contributed by atoms with Crippen LogP contribution in [-0.2, 0) is 19.7 Å². The topological polar surface area (TPSA) is 121 Å². The maximum atomic E-state index is 13.7. The molecule has 0 aliphatic carbocycles. The molecule has 5 rings (SSSR count). The summed E-state index contributed by atoms with van der Waals surface area (Å²) in [6.45, 7) is 5.06. The second kappa shape index (κ2) is 6.95. The van der Waals surface area contributed by atoms with Crippen LogP contribution < -0.4 is 21.4 Å². The number of carbonyl (C=O) groups excluding carboxylic acids is 2. The van der Waals surface area contributed by atoms with Crippen LogP contribution in [0.4, 0.5) is 5.69 Å². The molecule has 1 atom stereocenters. The Hall–Kier alpha value is -3.59. The van der Waals surface area contributed by atoms with Crippen molar-refractivity contribution in [3.05, 3.63) is 79.9 Å². The predicted octanol–water partition coefficient (Wildman–Crippen LogP) is 3.70. The molecule has 0 bridgehead atoms. The van der Waals surface area contributed by atoms with Crippen molar-refractivity contribution in [1.29, 1.82) is 0 Å². The molecule has 0 saturated carbocycles. The SMILES string of the molecule is CC(C)(C)OC(=O)C1=C(N)Oc2c(c(=O)oc3ccccc23)C12C(=O)Nc1ccc(Br)cc12. The molecule has 1 unspecified atom stereocenters. The smallest absolute Gasteiger partial charge is 0.345 e. The quantitative estimate of drug-likeness (QED) is 0.378. The highest BCUT2D eigenvalue weighted by molar-refractivity contribution is 9.10. The number of benzene rings is 2. The summed E-state index contributed by atoms with van der Waals surface area (Å²) in [6.07, 6.45) is 0. The van der Waals surface area contributed by atoms with Gasteiger partial charge in [0, 0.05) is 15.7 Å². The van der Waals surface area contributed by atoms with E-state index in [0.29, 0.717) is 21.1 Å². The highest BCUT2D eigenvalue weighted by Gasteiger charge is 2.61. The van der Waals surface area contributed by atoms with E-state index in [1.807, 2.05) is 0 Å². The van der Waals surface area contributed by atoms with Gasteiger partial charge in [-0.2, -0.15) is 0 Å². The number of ether oxygens (including phenoxy) is 2. The monoisotopic (exact) mass is 510 g/mol. The van der Waals surface area contributed by atoms with Gasteiger partial charge >= 0.3 is 11.6 Å². The molecule has 3 aromatic rings. The Morgan fingerprint density at radius 3 is 2.61 bits per heavy atom. The van der Waals surface area contributed by atoms with Crippen molar-refractivity contribution in [2.45, 2.75) is 31.8 Å². The van der Waals surface area contributed by atoms with Crippen molar-refractivity contribution in [2.24, 2.45) is 5.73 Å². The maximum Gasteiger partial charge on any atom is 0.345 e. The van der Waals surface area contributed by atoms with Crippen molar-refractivity contribution >= 4 is 44.5 Å². The first kappa shape index (κ1) is 21.3. The summed E-state index contributed by atoms with van der Waals surface area (Å²) in [5.74, 6) is -1.77. The van der Waals surface area contributed by atoms with Gasteiger partial charge in [-0.05, 0) is 51.1 Å². The van der Waals surface area contributed by atoms with E-state index in [-0.39, 0.29) is 28.4 Å². The van der Waals surface area contributed by atoms with Gasteiger partial charge in [0.2, 0.25) is 11.8 Å². The van der Waals surface area contributed by atoms with E-state index in [1.54, 1.807) is 63.2 Å². The highest BCUT2D eigenvalue weighted by atomic mass is 79.9. The lowest BCUT2D eigenvalue weighted by molar-refractivity contribution is -0.151. The Bertz CT molecular complexity index is 1470. The first-order valence-electron chi connectivity index (χ1n) is 10.1. The molecule has 8 nitrogen and oxygen atoms in total. The van der Waals surface area contributed by atoms with Crippen LogP contribution in [-0.4, -0.2) is 17.5 Å². The van der Waals surface area contributed by atoms with Crippen molar-refractivity contribution in [3.8, 4) is 5.75 Å². The number of hydrogen-bond donors (Lipinski definition) is 2. The van der Waals surface area contributed by atoms with E-state index >= 15 is 0 Å². The maximum absolute atomic E-state index is 13.7. The summed E-state index contributed by atoms with van der Waals surface area (Å²) >= 11 is 3.42. The van der Waals surface area contributed by atoms with Crippen molar-refractivity contribution in [1.82, 2.24) is 0 Å². The predicted molar refractivity (Wildman–Crippen MR) is 124 cm³/mol. The largest absolute Gasteiger partial charge is 0.456 e. The van der Waals surface area contributed by atoms with Gasteiger partial charge in [0.05, 0.1) is 5.39 Å². The number of amides is 1. The number of anilines is 1. The van der Waals surface area contributed by atoms with E-state index < -0.39 is 28.5 Å². The molecule has 1 amide bonds. The fourth-order valence-corrected chi connectivity index (χ4v) is 4.74. The standard InChI is InChI=1S/C24H19BrN2O6/c1-23(2,3)33-21(29)17-19(26)32-18-12-6-4-5-7-15(12)31-20(28)16(18)24(17)13-10-11(25)8-9-14(13)27-22(24)30/h4-10H,26H2,1-3H3,(H,27,30). The summed E-state index contributed by atoms with van der Waals surface area (Å²) in [6, 6.07) is 11.8. The number of nitrogens with two attached hydrogens (primary N) is 1. The van der Waals surface area contributed by atoms with Crippen LogP contribution in [0.2, 0.25) is 0 Å². The number of fused-ring (bicyclic) bond motifs is 6.